The van der Waals surface area contributed by atoms with E-state index in [1.165, 1.54) is 6.20 Å². The van der Waals surface area contributed by atoms with Crippen molar-refractivity contribution in [2.24, 2.45) is 0 Å². The van der Waals surface area contributed by atoms with Gasteiger partial charge in [0, 0.05) is 24.2 Å². The second-order valence-electron chi connectivity index (χ2n) is 4.59. The standard InChI is InChI=1S/C15H13N3O2S.C2H6/c1-12-11-18(17-15(12)13-6-5-9-16-10-13)21(19,20)14-7-3-2-4-8-14;1-2/h2-11H,1H3;1-2H3. The highest BCUT2D eigenvalue weighted by Gasteiger charge is 2.19. The zero-order chi connectivity index (χ0) is 16.9. The molecule has 0 aliphatic carbocycles. The van der Waals surface area contributed by atoms with Gasteiger partial charge in [-0.15, -0.1) is 0 Å². The number of benzene rings is 1. The van der Waals surface area contributed by atoms with E-state index in [0.29, 0.717) is 5.69 Å². The lowest BCUT2D eigenvalue weighted by Gasteiger charge is -2.03. The third kappa shape index (κ3) is 3.48. The number of rotatable bonds is 3. The highest BCUT2D eigenvalue weighted by atomic mass is 32.2. The van der Waals surface area contributed by atoms with Crippen LogP contribution < -0.4 is 0 Å². The normalized spacial score (nSPS) is 10.7. The summed E-state index contributed by atoms with van der Waals surface area (Å²) >= 11 is 0. The Hall–Kier alpha value is -2.47. The molecule has 23 heavy (non-hydrogen) atoms. The molecule has 2 aromatic heterocycles. The molecule has 0 bridgehead atoms. The number of aromatic nitrogens is 3. The molecule has 6 heteroatoms. The average molecular weight is 329 g/mol. The van der Waals surface area contributed by atoms with Gasteiger partial charge in [0.2, 0.25) is 0 Å². The largest absolute Gasteiger partial charge is 0.282 e. The van der Waals surface area contributed by atoms with Gasteiger partial charge in [0.25, 0.3) is 10.0 Å². The van der Waals surface area contributed by atoms with Gasteiger partial charge >= 0.3 is 0 Å². The molecule has 0 fully saturated rings. The predicted molar refractivity (Wildman–Crippen MR) is 90.6 cm³/mol. The van der Waals surface area contributed by atoms with Crippen molar-refractivity contribution in [3.8, 4) is 11.3 Å². The Morgan fingerprint density at radius 3 is 2.30 bits per heavy atom. The molecule has 120 valence electrons. The van der Waals surface area contributed by atoms with Crippen molar-refractivity contribution in [3.05, 3.63) is 66.6 Å². The minimum atomic E-state index is -3.66. The van der Waals surface area contributed by atoms with Crippen LogP contribution in [0.2, 0.25) is 0 Å². The first-order chi connectivity index (χ1) is 11.1. The van der Waals surface area contributed by atoms with E-state index in [1.54, 1.807) is 48.8 Å². The van der Waals surface area contributed by atoms with E-state index in [1.807, 2.05) is 26.8 Å². The number of hydrogen-bond acceptors (Lipinski definition) is 4. The van der Waals surface area contributed by atoms with E-state index in [0.717, 1.165) is 15.2 Å². The van der Waals surface area contributed by atoms with E-state index in [9.17, 15) is 8.42 Å². The van der Waals surface area contributed by atoms with Crippen molar-refractivity contribution in [3.63, 3.8) is 0 Å². The average Bonchev–Trinajstić information content (AvgIpc) is 3.01. The molecule has 3 aromatic rings. The summed E-state index contributed by atoms with van der Waals surface area (Å²) in [7, 11) is -3.66. The Labute approximate surface area is 136 Å². The molecule has 0 saturated heterocycles. The molecule has 0 atom stereocenters. The van der Waals surface area contributed by atoms with Crippen molar-refractivity contribution in [2.45, 2.75) is 25.7 Å². The molecule has 0 spiro atoms. The van der Waals surface area contributed by atoms with Gasteiger partial charge in [0.15, 0.2) is 0 Å². The van der Waals surface area contributed by atoms with Gasteiger partial charge in [-0.2, -0.15) is 17.6 Å². The number of hydrogen-bond donors (Lipinski definition) is 0. The molecule has 0 radical (unpaired) electrons. The van der Waals surface area contributed by atoms with Crippen molar-refractivity contribution >= 4 is 10.0 Å². The minimum absolute atomic E-state index is 0.213. The van der Waals surface area contributed by atoms with Crippen molar-refractivity contribution < 1.29 is 8.42 Å². The van der Waals surface area contributed by atoms with Crippen LogP contribution >= 0.6 is 0 Å². The Morgan fingerprint density at radius 2 is 1.70 bits per heavy atom. The van der Waals surface area contributed by atoms with Gasteiger partial charge in [-0.1, -0.05) is 32.0 Å². The summed E-state index contributed by atoms with van der Waals surface area (Å²) in [5, 5.41) is 4.22. The van der Waals surface area contributed by atoms with Crippen molar-refractivity contribution in [1.29, 1.82) is 0 Å². The SMILES string of the molecule is CC.Cc1cn(S(=O)(=O)c2ccccc2)nc1-c1cccnc1. The van der Waals surface area contributed by atoms with E-state index in [2.05, 4.69) is 10.1 Å². The first-order valence-corrected chi connectivity index (χ1v) is 8.80. The van der Waals surface area contributed by atoms with E-state index in [-0.39, 0.29) is 4.90 Å². The number of nitrogens with zero attached hydrogens (tertiary/aromatic N) is 3. The summed E-state index contributed by atoms with van der Waals surface area (Å²) in [6.45, 7) is 5.83. The fourth-order valence-corrected chi connectivity index (χ4v) is 3.25. The first kappa shape index (κ1) is 16.9. The lowest BCUT2D eigenvalue weighted by atomic mass is 10.1. The zero-order valence-electron chi connectivity index (χ0n) is 13.3. The van der Waals surface area contributed by atoms with E-state index < -0.39 is 10.0 Å². The molecular formula is C17H19N3O2S. The third-order valence-electron chi connectivity index (χ3n) is 3.10. The molecule has 5 nitrogen and oxygen atoms in total. The van der Waals surface area contributed by atoms with Crippen molar-refractivity contribution in [2.75, 3.05) is 0 Å². The van der Waals surface area contributed by atoms with Crippen LogP contribution in [-0.2, 0) is 10.0 Å². The molecular weight excluding hydrogens is 310 g/mol. The van der Waals surface area contributed by atoms with Crippen LogP contribution in [-0.4, -0.2) is 22.6 Å². The topological polar surface area (TPSA) is 64.8 Å². The summed E-state index contributed by atoms with van der Waals surface area (Å²) in [6.07, 6.45) is 4.84. The maximum atomic E-state index is 12.5. The molecule has 2 heterocycles. The van der Waals surface area contributed by atoms with E-state index >= 15 is 0 Å². The quantitative estimate of drug-likeness (QED) is 0.737. The molecule has 0 saturated carbocycles. The third-order valence-corrected chi connectivity index (χ3v) is 4.65. The van der Waals surface area contributed by atoms with Gasteiger partial charge in [-0.3, -0.25) is 4.98 Å². The van der Waals surface area contributed by atoms with Crippen LogP contribution in [0.1, 0.15) is 19.4 Å². The summed E-state index contributed by atoms with van der Waals surface area (Å²) in [6, 6.07) is 11.9. The summed E-state index contributed by atoms with van der Waals surface area (Å²) < 4.78 is 26.0. The van der Waals surface area contributed by atoms with Crippen LogP contribution in [0.4, 0.5) is 0 Å². The van der Waals surface area contributed by atoms with Gasteiger partial charge in [-0.25, -0.2) is 0 Å². The second-order valence-corrected chi connectivity index (χ2v) is 6.39. The van der Waals surface area contributed by atoms with Gasteiger partial charge in [-0.05, 0) is 36.8 Å². The molecule has 3 rings (SSSR count). The second kappa shape index (κ2) is 7.19. The first-order valence-electron chi connectivity index (χ1n) is 7.36. The molecule has 0 unspecified atom stereocenters. The van der Waals surface area contributed by atoms with Crippen LogP contribution in [0, 0.1) is 6.92 Å². The predicted octanol–water partition coefficient (Wildman–Crippen LogP) is 3.52. The van der Waals surface area contributed by atoms with Crippen LogP contribution in [0.5, 0.6) is 0 Å². The van der Waals surface area contributed by atoms with Crippen LogP contribution in [0.25, 0.3) is 11.3 Å². The maximum Gasteiger partial charge on any atom is 0.282 e. The van der Waals surface area contributed by atoms with Gasteiger partial charge in [0.1, 0.15) is 0 Å². The summed E-state index contributed by atoms with van der Waals surface area (Å²) in [4.78, 5) is 4.25. The van der Waals surface area contributed by atoms with Crippen molar-refractivity contribution in [1.82, 2.24) is 14.2 Å². The molecule has 0 amide bonds. The summed E-state index contributed by atoms with van der Waals surface area (Å²) in [5.74, 6) is 0. The summed E-state index contributed by atoms with van der Waals surface area (Å²) in [5.41, 5.74) is 2.18. The van der Waals surface area contributed by atoms with Gasteiger partial charge in [0.05, 0.1) is 10.6 Å². The molecule has 1 aromatic carbocycles. The Morgan fingerprint density at radius 1 is 1.00 bits per heavy atom. The highest BCUT2D eigenvalue weighted by Crippen LogP contribution is 2.22. The Kier molecular flexibility index (Phi) is 5.28. The maximum absolute atomic E-state index is 12.5. The lowest BCUT2D eigenvalue weighted by molar-refractivity contribution is 0.580. The smallest absolute Gasteiger partial charge is 0.264 e. The monoisotopic (exact) mass is 329 g/mol. The molecule has 0 aliphatic heterocycles. The molecule has 0 N–H and O–H groups in total. The number of aryl methyl sites for hydroxylation is 1. The van der Waals surface area contributed by atoms with Crippen LogP contribution in [0.15, 0.2) is 66.0 Å². The fraction of sp³-hybridized carbons (Fsp3) is 0.176. The Bertz CT molecular complexity index is 857. The lowest BCUT2D eigenvalue weighted by Crippen LogP contribution is -2.13. The Balaban J connectivity index is 0.000000924. The fourth-order valence-electron chi connectivity index (χ4n) is 2.04. The minimum Gasteiger partial charge on any atom is -0.264 e. The van der Waals surface area contributed by atoms with Gasteiger partial charge < -0.3 is 0 Å². The molecule has 0 aliphatic rings. The zero-order valence-corrected chi connectivity index (χ0v) is 14.2. The van der Waals surface area contributed by atoms with E-state index in [4.69, 9.17) is 0 Å². The van der Waals surface area contributed by atoms with Crippen LogP contribution in [0.3, 0.4) is 0 Å². The number of pyridine rings is 1. The highest BCUT2D eigenvalue weighted by molar-refractivity contribution is 7.89.